The quantitative estimate of drug-likeness (QED) is 0.371. The maximum Gasteiger partial charge on any atom is 0.326 e. The number of nitrogens with zero attached hydrogens (tertiary/aromatic N) is 1. The summed E-state index contributed by atoms with van der Waals surface area (Å²) >= 11 is 1.44. The zero-order valence-electron chi connectivity index (χ0n) is 19.7. The molecule has 0 aliphatic rings. The molecule has 1 aromatic carbocycles. The molecule has 0 spiro atoms. The number of aliphatic carboxylic acids is 1. The Labute approximate surface area is 198 Å². The number of nitrogens with one attached hydrogen (secondary N) is 1. The number of hydrogen-bond acceptors (Lipinski definition) is 8. The van der Waals surface area contributed by atoms with Gasteiger partial charge in [-0.25, -0.2) is 4.98 Å². The van der Waals surface area contributed by atoms with Crippen LogP contribution in [-0.2, 0) is 30.3 Å². The molecule has 2 atom stereocenters. The molecule has 1 aromatic heterocycles. The van der Waals surface area contributed by atoms with Gasteiger partial charge in [0.15, 0.2) is 0 Å². The molecule has 0 saturated carbocycles. The molecule has 0 radical (unpaired) electrons. The van der Waals surface area contributed by atoms with Crippen molar-refractivity contribution in [2.75, 3.05) is 6.79 Å². The summed E-state index contributed by atoms with van der Waals surface area (Å²) in [4.78, 5) is 41.1. The van der Waals surface area contributed by atoms with Crippen LogP contribution in [0, 0.1) is 11.3 Å². The van der Waals surface area contributed by atoms with Crippen molar-refractivity contribution in [1.29, 1.82) is 0 Å². The van der Waals surface area contributed by atoms with E-state index in [-0.39, 0.29) is 12.3 Å². The lowest BCUT2D eigenvalue weighted by Crippen LogP contribution is -2.49. The van der Waals surface area contributed by atoms with E-state index in [1.165, 1.54) is 11.3 Å². The van der Waals surface area contributed by atoms with Gasteiger partial charge in [-0.1, -0.05) is 44.2 Å². The molecule has 0 aliphatic carbocycles. The van der Waals surface area contributed by atoms with Gasteiger partial charge in [0.05, 0.1) is 11.1 Å². The van der Waals surface area contributed by atoms with Crippen LogP contribution in [0.1, 0.15) is 46.7 Å². The Bertz CT molecular complexity index is 936. The first-order valence-corrected chi connectivity index (χ1v) is 11.7. The van der Waals surface area contributed by atoms with Gasteiger partial charge in [-0.2, -0.15) is 0 Å². The highest BCUT2D eigenvalue weighted by atomic mass is 32.1. The Morgan fingerprint density at radius 2 is 1.76 bits per heavy atom. The van der Waals surface area contributed by atoms with Crippen LogP contribution < -0.4 is 5.32 Å². The Kier molecular flexibility index (Phi) is 9.55. The van der Waals surface area contributed by atoms with Gasteiger partial charge in [0.1, 0.15) is 17.1 Å². The second-order valence-corrected chi connectivity index (χ2v) is 10.1. The number of rotatable bonds is 11. The normalized spacial score (nSPS) is 13.4. The third kappa shape index (κ3) is 8.58. The summed E-state index contributed by atoms with van der Waals surface area (Å²) in [5.41, 5.74) is 0.858. The number of carbonyl (C=O) groups excluding carboxylic acids is 2. The van der Waals surface area contributed by atoms with Gasteiger partial charge in [0, 0.05) is 17.4 Å². The summed E-state index contributed by atoms with van der Waals surface area (Å²) in [5.74, 6) is -2.16. The molecule has 180 valence electrons. The van der Waals surface area contributed by atoms with Crippen LogP contribution in [0.3, 0.4) is 0 Å². The highest BCUT2D eigenvalue weighted by molar-refractivity contribution is 7.13. The van der Waals surface area contributed by atoms with Crippen molar-refractivity contribution >= 4 is 29.2 Å². The molecular formula is C24H32N2O6S. The van der Waals surface area contributed by atoms with Gasteiger partial charge in [-0.3, -0.25) is 19.7 Å². The van der Waals surface area contributed by atoms with Crippen LogP contribution in [0.2, 0.25) is 0 Å². The van der Waals surface area contributed by atoms with Gasteiger partial charge in [0.25, 0.3) is 0 Å². The molecule has 0 aliphatic heterocycles. The Balaban J connectivity index is 2.14. The Morgan fingerprint density at radius 1 is 1.09 bits per heavy atom. The summed E-state index contributed by atoms with van der Waals surface area (Å²) in [5, 5.41) is 15.1. The van der Waals surface area contributed by atoms with Crippen molar-refractivity contribution in [2.45, 2.75) is 59.5 Å². The van der Waals surface area contributed by atoms with E-state index in [4.69, 9.17) is 9.47 Å². The van der Waals surface area contributed by atoms with Crippen LogP contribution in [0.5, 0.6) is 0 Å². The molecule has 9 heteroatoms. The lowest BCUT2D eigenvalue weighted by molar-refractivity contribution is -0.174. The van der Waals surface area contributed by atoms with Gasteiger partial charge in [-0.15, -0.1) is 11.3 Å². The number of thiazole rings is 1. The topological polar surface area (TPSA) is 115 Å². The van der Waals surface area contributed by atoms with Crippen molar-refractivity contribution in [1.82, 2.24) is 10.3 Å². The molecule has 2 N–H and O–H groups in total. The number of carbonyl (C=O) groups is 3. The maximum absolute atomic E-state index is 12.8. The summed E-state index contributed by atoms with van der Waals surface area (Å²) in [6.07, 6.45) is 0.474. The third-order valence-electron chi connectivity index (χ3n) is 4.68. The van der Waals surface area contributed by atoms with Gasteiger partial charge < -0.3 is 14.6 Å². The maximum atomic E-state index is 12.8. The van der Waals surface area contributed by atoms with E-state index in [1.54, 1.807) is 20.8 Å². The Hall–Kier alpha value is -2.78. The summed E-state index contributed by atoms with van der Waals surface area (Å²) < 4.78 is 10.2. The monoisotopic (exact) mass is 476 g/mol. The van der Waals surface area contributed by atoms with E-state index < -0.39 is 42.2 Å². The zero-order valence-corrected chi connectivity index (χ0v) is 20.5. The fourth-order valence-electron chi connectivity index (χ4n) is 2.95. The number of carboxylic acid groups (broad SMARTS) is 1. The highest BCUT2D eigenvalue weighted by Gasteiger charge is 2.30. The van der Waals surface area contributed by atoms with E-state index in [1.807, 2.05) is 49.6 Å². The minimum absolute atomic E-state index is 0.104. The van der Waals surface area contributed by atoms with Crippen LogP contribution in [-0.4, -0.2) is 46.9 Å². The van der Waals surface area contributed by atoms with Crippen LogP contribution in [0.15, 0.2) is 35.7 Å². The molecule has 0 amide bonds. The average molecular weight is 477 g/mol. The van der Waals surface area contributed by atoms with E-state index in [9.17, 15) is 19.5 Å². The predicted molar refractivity (Wildman–Crippen MR) is 126 cm³/mol. The number of ether oxygens (including phenoxy) is 2. The SMILES string of the molecule is CC(C)CC(NC(Cc1csc(-c2ccccc2)n1)C(=O)OCOC(=O)C(C)(C)C)C(=O)O. The molecule has 33 heavy (non-hydrogen) atoms. The highest BCUT2D eigenvalue weighted by Crippen LogP contribution is 2.24. The largest absolute Gasteiger partial charge is 0.480 e. The van der Waals surface area contributed by atoms with Gasteiger partial charge in [0.2, 0.25) is 6.79 Å². The number of hydrogen-bond donors (Lipinski definition) is 2. The molecular weight excluding hydrogens is 444 g/mol. The van der Waals surface area contributed by atoms with E-state index in [2.05, 4.69) is 10.3 Å². The molecule has 2 unspecified atom stereocenters. The smallest absolute Gasteiger partial charge is 0.326 e. The minimum atomic E-state index is -1.05. The first-order valence-electron chi connectivity index (χ1n) is 10.8. The van der Waals surface area contributed by atoms with Crippen molar-refractivity contribution in [3.63, 3.8) is 0 Å². The second-order valence-electron chi connectivity index (χ2n) is 9.22. The van der Waals surface area contributed by atoms with E-state index in [0.717, 1.165) is 10.6 Å². The van der Waals surface area contributed by atoms with E-state index >= 15 is 0 Å². The van der Waals surface area contributed by atoms with Gasteiger partial charge >= 0.3 is 17.9 Å². The summed E-state index contributed by atoms with van der Waals surface area (Å²) in [6.45, 7) is 8.35. The standard InChI is InChI=1S/C24H32N2O6S/c1-15(2)11-18(21(27)28)26-19(22(29)31-14-32-23(30)24(3,4)5)12-17-13-33-20(25-17)16-9-7-6-8-10-16/h6-10,13,15,18-19,26H,11-12,14H2,1-5H3,(H,27,28). The van der Waals surface area contributed by atoms with E-state index in [0.29, 0.717) is 12.1 Å². The van der Waals surface area contributed by atoms with Gasteiger partial charge in [-0.05, 0) is 33.1 Å². The molecule has 1 heterocycles. The molecule has 8 nitrogen and oxygen atoms in total. The average Bonchev–Trinajstić information content (AvgIpc) is 3.20. The lowest BCUT2D eigenvalue weighted by Gasteiger charge is -2.23. The van der Waals surface area contributed by atoms with Crippen molar-refractivity contribution in [3.05, 3.63) is 41.4 Å². The van der Waals surface area contributed by atoms with Crippen LogP contribution >= 0.6 is 11.3 Å². The fourth-order valence-corrected chi connectivity index (χ4v) is 3.78. The number of esters is 2. The fraction of sp³-hybridized carbons (Fsp3) is 0.500. The molecule has 2 aromatic rings. The van der Waals surface area contributed by atoms with Crippen LogP contribution in [0.25, 0.3) is 10.6 Å². The molecule has 2 rings (SSSR count). The van der Waals surface area contributed by atoms with Crippen molar-refractivity contribution in [2.24, 2.45) is 11.3 Å². The Morgan fingerprint density at radius 3 is 2.33 bits per heavy atom. The molecule has 0 fully saturated rings. The van der Waals surface area contributed by atoms with Crippen molar-refractivity contribution < 1.29 is 29.0 Å². The summed E-state index contributed by atoms with van der Waals surface area (Å²) in [6, 6.07) is 7.73. The molecule has 0 saturated heterocycles. The minimum Gasteiger partial charge on any atom is -0.480 e. The number of carboxylic acids is 1. The van der Waals surface area contributed by atoms with Crippen LogP contribution in [0.4, 0.5) is 0 Å². The number of benzene rings is 1. The van der Waals surface area contributed by atoms with Crippen molar-refractivity contribution in [3.8, 4) is 10.6 Å². The zero-order chi connectivity index (χ0) is 24.6. The first-order chi connectivity index (χ1) is 15.5. The molecule has 0 bridgehead atoms. The number of aromatic nitrogens is 1. The third-order valence-corrected chi connectivity index (χ3v) is 5.62. The predicted octanol–water partition coefficient (Wildman–Crippen LogP) is 3.90. The second kappa shape index (κ2) is 11.9. The first kappa shape index (κ1) is 26.5. The summed E-state index contributed by atoms with van der Waals surface area (Å²) in [7, 11) is 0. The lowest BCUT2D eigenvalue weighted by atomic mass is 9.98.